The highest BCUT2D eigenvalue weighted by atomic mass is 15.1. The molecule has 2 N–H and O–H groups in total. The van der Waals surface area contributed by atoms with E-state index in [9.17, 15) is 0 Å². The molecular formula is C9H13N5. The second kappa shape index (κ2) is 3.63. The summed E-state index contributed by atoms with van der Waals surface area (Å²) in [4.78, 5) is 8.29. The maximum absolute atomic E-state index is 5.57. The fourth-order valence-corrected chi connectivity index (χ4v) is 1.36. The third kappa shape index (κ3) is 1.54. The van der Waals surface area contributed by atoms with Crippen molar-refractivity contribution in [2.75, 3.05) is 0 Å². The molecule has 0 saturated carbocycles. The van der Waals surface area contributed by atoms with E-state index in [0.29, 0.717) is 6.54 Å². The van der Waals surface area contributed by atoms with E-state index in [1.165, 1.54) is 0 Å². The van der Waals surface area contributed by atoms with Crippen molar-refractivity contribution in [3.05, 3.63) is 36.4 Å². The van der Waals surface area contributed by atoms with Crippen molar-refractivity contribution in [1.82, 2.24) is 19.1 Å². The van der Waals surface area contributed by atoms with Crippen LogP contribution in [0.4, 0.5) is 0 Å². The van der Waals surface area contributed by atoms with Crippen molar-refractivity contribution in [3.8, 4) is 0 Å². The van der Waals surface area contributed by atoms with Gasteiger partial charge in [-0.2, -0.15) is 0 Å². The lowest BCUT2D eigenvalue weighted by atomic mass is 10.4. The van der Waals surface area contributed by atoms with Gasteiger partial charge in [0.1, 0.15) is 5.82 Å². The molecule has 14 heavy (non-hydrogen) atoms. The highest BCUT2D eigenvalue weighted by Crippen LogP contribution is 2.03. The van der Waals surface area contributed by atoms with Gasteiger partial charge in [-0.15, -0.1) is 0 Å². The van der Waals surface area contributed by atoms with Gasteiger partial charge in [-0.05, 0) is 0 Å². The molecule has 2 rings (SSSR count). The van der Waals surface area contributed by atoms with Gasteiger partial charge in [0, 0.05) is 32.2 Å². The van der Waals surface area contributed by atoms with Crippen LogP contribution >= 0.6 is 0 Å². The van der Waals surface area contributed by atoms with E-state index in [1.807, 2.05) is 22.4 Å². The summed E-state index contributed by atoms with van der Waals surface area (Å²) in [5.41, 5.74) is 6.60. The molecule has 0 spiro atoms. The zero-order valence-electron chi connectivity index (χ0n) is 8.09. The lowest BCUT2D eigenvalue weighted by Gasteiger charge is -2.05. The average Bonchev–Trinajstić information content (AvgIpc) is 2.77. The fraction of sp³-hybridized carbons (Fsp3) is 0.333. The summed E-state index contributed by atoms with van der Waals surface area (Å²) in [5, 5.41) is 0. The Morgan fingerprint density at radius 1 is 1.50 bits per heavy atom. The molecule has 0 fully saturated rings. The fourth-order valence-electron chi connectivity index (χ4n) is 1.36. The molecule has 0 amide bonds. The Hall–Kier alpha value is -1.62. The highest BCUT2D eigenvalue weighted by Gasteiger charge is 2.03. The monoisotopic (exact) mass is 191 g/mol. The normalized spacial score (nSPS) is 10.7. The van der Waals surface area contributed by atoms with E-state index in [1.54, 1.807) is 18.7 Å². The third-order valence-corrected chi connectivity index (χ3v) is 2.24. The standard InChI is InChI=1S/C9H13N5/c1-13-3-2-12-9(13)6-14-7-11-5-8(14)4-10/h2-3,5,7H,4,6,10H2,1H3. The number of aryl methyl sites for hydroxylation is 1. The molecule has 0 unspecified atom stereocenters. The van der Waals surface area contributed by atoms with Crippen molar-refractivity contribution >= 4 is 0 Å². The summed E-state index contributed by atoms with van der Waals surface area (Å²) in [6.45, 7) is 1.22. The minimum absolute atomic E-state index is 0.504. The molecule has 2 aromatic rings. The first-order valence-electron chi connectivity index (χ1n) is 4.46. The molecule has 0 aliphatic carbocycles. The van der Waals surface area contributed by atoms with Gasteiger partial charge in [-0.25, -0.2) is 9.97 Å². The zero-order valence-corrected chi connectivity index (χ0v) is 8.09. The molecule has 0 atom stereocenters. The summed E-state index contributed by atoms with van der Waals surface area (Å²) in [6, 6.07) is 0. The van der Waals surface area contributed by atoms with Crippen LogP contribution in [0.2, 0.25) is 0 Å². The van der Waals surface area contributed by atoms with Crippen LogP contribution in [-0.2, 0) is 20.1 Å². The van der Waals surface area contributed by atoms with E-state index in [-0.39, 0.29) is 0 Å². The largest absolute Gasteiger partial charge is 0.337 e. The number of imidazole rings is 2. The Labute approximate surface area is 82.2 Å². The molecule has 0 aromatic carbocycles. The van der Waals surface area contributed by atoms with Crippen LogP contribution in [-0.4, -0.2) is 19.1 Å². The number of nitrogens with zero attached hydrogens (tertiary/aromatic N) is 4. The number of hydrogen-bond donors (Lipinski definition) is 1. The van der Waals surface area contributed by atoms with Gasteiger partial charge in [0.15, 0.2) is 0 Å². The van der Waals surface area contributed by atoms with E-state index >= 15 is 0 Å². The van der Waals surface area contributed by atoms with Crippen LogP contribution < -0.4 is 5.73 Å². The molecule has 0 saturated heterocycles. The summed E-state index contributed by atoms with van der Waals surface area (Å²) in [6.07, 6.45) is 7.27. The molecule has 0 bridgehead atoms. The minimum Gasteiger partial charge on any atom is -0.337 e. The summed E-state index contributed by atoms with van der Waals surface area (Å²) >= 11 is 0. The number of hydrogen-bond acceptors (Lipinski definition) is 3. The molecule has 5 heteroatoms. The predicted octanol–water partition coefficient (Wildman–Crippen LogP) is 0.124. The van der Waals surface area contributed by atoms with Gasteiger partial charge in [-0.3, -0.25) is 0 Å². The number of nitrogens with two attached hydrogens (primary N) is 1. The lowest BCUT2D eigenvalue weighted by molar-refractivity contribution is 0.671. The molecule has 0 aliphatic rings. The second-order valence-corrected chi connectivity index (χ2v) is 3.17. The van der Waals surface area contributed by atoms with Gasteiger partial charge in [0.25, 0.3) is 0 Å². The Morgan fingerprint density at radius 2 is 2.36 bits per heavy atom. The molecule has 74 valence electrons. The topological polar surface area (TPSA) is 61.7 Å². The molecule has 2 aromatic heterocycles. The molecule has 5 nitrogen and oxygen atoms in total. The molecule has 0 radical (unpaired) electrons. The van der Waals surface area contributed by atoms with Gasteiger partial charge >= 0.3 is 0 Å². The summed E-state index contributed by atoms with van der Waals surface area (Å²) in [7, 11) is 1.97. The van der Waals surface area contributed by atoms with Crippen molar-refractivity contribution < 1.29 is 0 Å². The third-order valence-electron chi connectivity index (χ3n) is 2.24. The predicted molar refractivity (Wildman–Crippen MR) is 52.4 cm³/mol. The zero-order chi connectivity index (χ0) is 9.97. The Kier molecular flexibility index (Phi) is 2.32. The Morgan fingerprint density at radius 3 is 3.00 bits per heavy atom. The van der Waals surface area contributed by atoms with Crippen LogP contribution in [0, 0.1) is 0 Å². The van der Waals surface area contributed by atoms with Crippen molar-refractivity contribution in [2.24, 2.45) is 12.8 Å². The first-order valence-corrected chi connectivity index (χ1v) is 4.46. The molecule has 0 aliphatic heterocycles. The van der Waals surface area contributed by atoms with Gasteiger partial charge in [0.2, 0.25) is 0 Å². The first kappa shape index (κ1) is 8.96. The lowest BCUT2D eigenvalue weighted by Crippen LogP contribution is -2.10. The Balaban J connectivity index is 2.22. The van der Waals surface area contributed by atoms with Crippen LogP contribution in [0.3, 0.4) is 0 Å². The average molecular weight is 191 g/mol. The van der Waals surface area contributed by atoms with Crippen LogP contribution in [0.1, 0.15) is 11.5 Å². The second-order valence-electron chi connectivity index (χ2n) is 3.17. The van der Waals surface area contributed by atoms with Crippen LogP contribution in [0.25, 0.3) is 0 Å². The molecular weight excluding hydrogens is 178 g/mol. The van der Waals surface area contributed by atoms with Gasteiger partial charge in [-0.1, -0.05) is 0 Å². The van der Waals surface area contributed by atoms with Crippen molar-refractivity contribution in [2.45, 2.75) is 13.1 Å². The minimum atomic E-state index is 0.504. The smallest absolute Gasteiger partial charge is 0.128 e. The SMILES string of the molecule is Cn1ccnc1Cn1cncc1CN. The van der Waals surface area contributed by atoms with E-state index in [0.717, 1.165) is 18.1 Å². The van der Waals surface area contributed by atoms with E-state index < -0.39 is 0 Å². The summed E-state index contributed by atoms with van der Waals surface area (Å²) < 4.78 is 3.99. The van der Waals surface area contributed by atoms with E-state index in [4.69, 9.17) is 5.73 Å². The highest BCUT2D eigenvalue weighted by molar-refractivity contribution is 5.01. The van der Waals surface area contributed by atoms with Gasteiger partial charge < -0.3 is 14.9 Å². The first-order chi connectivity index (χ1) is 6.81. The summed E-state index contributed by atoms with van der Waals surface area (Å²) in [5.74, 6) is 0.998. The quantitative estimate of drug-likeness (QED) is 0.749. The van der Waals surface area contributed by atoms with Gasteiger partial charge in [0.05, 0.1) is 18.6 Å². The molecule has 2 heterocycles. The van der Waals surface area contributed by atoms with Crippen molar-refractivity contribution in [1.29, 1.82) is 0 Å². The maximum Gasteiger partial charge on any atom is 0.128 e. The number of rotatable bonds is 3. The Bertz CT molecular complexity index is 414. The van der Waals surface area contributed by atoms with Crippen LogP contribution in [0.15, 0.2) is 24.9 Å². The van der Waals surface area contributed by atoms with Crippen molar-refractivity contribution in [3.63, 3.8) is 0 Å². The maximum atomic E-state index is 5.57. The number of aromatic nitrogens is 4. The van der Waals surface area contributed by atoms with Crippen LogP contribution in [0.5, 0.6) is 0 Å². The van der Waals surface area contributed by atoms with E-state index in [2.05, 4.69) is 9.97 Å².